The number of carbonyl (C=O) groups excluding carboxylic acids is 1. The minimum Gasteiger partial charge on any atom is -0.382 e. The number of likely N-dealkylation sites (tertiary alicyclic amines) is 1. The molecular formula is C15H21N3O3. The molecule has 1 aromatic carbocycles. The molecular weight excluding hydrogens is 270 g/mol. The highest BCUT2D eigenvalue weighted by Crippen LogP contribution is 2.30. The van der Waals surface area contributed by atoms with Gasteiger partial charge in [-0.25, -0.2) is 0 Å². The highest BCUT2D eigenvalue weighted by molar-refractivity contribution is 6.03. The van der Waals surface area contributed by atoms with E-state index < -0.39 is 0 Å². The second-order valence-corrected chi connectivity index (χ2v) is 5.34. The monoisotopic (exact) mass is 291 g/mol. The van der Waals surface area contributed by atoms with Crippen molar-refractivity contribution in [3.05, 3.63) is 23.8 Å². The summed E-state index contributed by atoms with van der Waals surface area (Å²) in [6, 6.07) is 5.75. The molecule has 0 saturated carbocycles. The number of amides is 1. The van der Waals surface area contributed by atoms with Crippen LogP contribution in [0.1, 0.15) is 10.4 Å². The van der Waals surface area contributed by atoms with Crippen molar-refractivity contribution in [3.63, 3.8) is 0 Å². The molecule has 1 amide bonds. The lowest BCUT2D eigenvalue weighted by Gasteiger charge is -2.24. The van der Waals surface area contributed by atoms with E-state index in [1.165, 1.54) is 0 Å². The predicted octanol–water partition coefficient (Wildman–Crippen LogP) is 1.01. The fourth-order valence-corrected chi connectivity index (χ4v) is 2.99. The number of carbonyl (C=O) groups is 1. The zero-order valence-corrected chi connectivity index (χ0v) is 12.4. The van der Waals surface area contributed by atoms with Gasteiger partial charge in [0.2, 0.25) is 0 Å². The van der Waals surface area contributed by atoms with Crippen LogP contribution < -0.4 is 10.6 Å². The number of fused-ring (bicyclic) bond motifs is 1. The third-order valence-electron chi connectivity index (χ3n) is 4.15. The fourth-order valence-electron chi connectivity index (χ4n) is 2.99. The van der Waals surface area contributed by atoms with Gasteiger partial charge in [0.1, 0.15) is 12.2 Å². The van der Waals surface area contributed by atoms with Gasteiger partial charge >= 0.3 is 0 Å². The second kappa shape index (κ2) is 5.91. The number of rotatable bonds is 3. The number of hydrogen-bond donors (Lipinski definition) is 2. The first-order valence-electron chi connectivity index (χ1n) is 7.20. The van der Waals surface area contributed by atoms with Crippen LogP contribution in [0, 0.1) is 0 Å². The highest BCUT2D eigenvalue weighted by atomic mass is 16.5. The Labute approximate surface area is 124 Å². The van der Waals surface area contributed by atoms with Gasteiger partial charge in [-0.15, -0.1) is 0 Å². The second-order valence-electron chi connectivity index (χ2n) is 5.34. The first kappa shape index (κ1) is 14.2. The molecule has 2 aliphatic rings. The average Bonchev–Trinajstić information content (AvgIpc) is 2.97. The molecule has 2 N–H and O–H groups in total. The molecule has 21 heavy (non-hydrogen) atoms. The van der Waals surface area contributed by atoms with Gasteiger partial charge in [0, 0.05) is 40.4 Å². The maximum Gasteiger partial charge on any atom is 0.256 e. The summed E-state index contributed by atoms with van der Waals surface area (Å²) in [6.07, 6.45) is -0.130. The first-order chi connectivity index (χ1) is 10.2. The first-order valence-corrected chi connectivity index (χ1v) is 7.20. The summed E-state index contributed by atoms with van der Waals surface area (Å²) in [5, 5.41) is 6.62. The van der Waals surface area contributed by atoms with Gasteiger partial charge in [-0.3, -0.25) is 4.79 Å². The summed E-state index contributed by atoms with van der Waals surface area (Å²) in [6.45, 7) is 2.81. The van der Waals surface area contributed by atoms with Crippen molar-refractivity contribution in [3.8, 4) is 0 Å². The maximum absolute atomic E-state index is 12.8. The smallest absolute Gasteiger partial charge is 0.256 e. The minimum absolute atomic E-state index is 0.0182. The normalized spacial score (nSPS) is 24.2. The van der Waals surface area contributed by atoms with Gasteiger partial charge in [0.15, 0.2) is 0 Å². The summed E-state index contributed by atoms with van der Waals surface area (Å²) in [7, 11) is 3.31. The van der Waals surface area contributed by atoms with Gasteiger partial charge < -0.3 is 25.0 Å². The average molecular weight is 291 g/mol. The Balaban J connectivity index is 1.83. The molecule has 0 aliphatic carbocycles. The van der Waals surface area contributed by atoms with Crippen molar-refractivity contribution >= 4 is 17.3 Å². The number of nitrogens with zero attached hydrogens (tertiary/aromatic N) is 1. The molecule has 2 heterocycles. The molecule has 2 unspecified atom stereocenters. The Kier molecular flexibility index (Phi) is 3.98. The SMILES string of the molecule is COC1CN(C(=O)c2cccc3c2NCCN3)CC1OC. The Morgan fingerprint density at radius 2 is 1.81 bits per heavy atom. The largest absolute Gasteiger partial charge is 0.382 e. The third-order valence-corrected chi connectivity index (χ3v) is 4.15. The van der Waals surface area contributed by atoms with E-state index in [2.05, 4.69) is 10.6 Å². The van der Waals surface area contributed by atoms with Gasteiger partial charge in [-0.1, -0.05) is 6.07 Å². The van der Waals surface area contributed by atoms with Crippen LogP contribution in [0.4, 0.5) is 11.4 Å². The zero-order valence-electron chi connectivity index (χ0n) is 12.4. The molecule has 6 heteroatoms. The molecule has 0 aromatic heterocycles. The molecule has 1 fully saturated rings. The van der Waals surface area contributed by atoms with Crippen LogP contribution in [0.5, 0.6) is 0 Å². The lowest BCUT2D eigenvalue weighted by Crippen LogP contribution is -2.32. The number of para-hydroxylation sites is 1. The van der Waals surface area contributed by atoms with E-state index in [9.17, 15) is 4.79 Å². The molecule has 2 atom stereocenters. The Morgan fingerprint density at radius 1 is 1.14 bits per heavy atom. The maximum atomic E-state index is 12.8. The standard InChI is InChI=1S/C15H21N3O3/c1-20-12-8-18(9-13(12)21-2)15(19)10-4-3-5-11-14(10)17-7-6-16-11/h3-5,12-13,16-17H,6-9H2,1-2H3. The van der Waals surface area contributed by atoms with E-state index in [-0.39, 0.29) is 18.1 Å². The van der Waals surface area contributed by atoms with Crippen LogP contribution >= 0.6 is 0 Å². The Morgan fingerprint density at radius 3 is 2.48 bits per heavy atom. The predicted molar refractivity (Wildman–Crippen MR) is 80.9 cm³/mol. The molecule has 2 aliphatic heterocycles. The summed E-state index contributed by atoms with van der Waals surface area (Å²) in [4.78, 5) is 14.6. The van der Waals surface area contributed by atoms with E-state index >= 15 is 0 Å². The van der Waals surface area contributed by atoms with Crippen LogP contribution in [0.25, 0.3) is 0 Å². The summed E-state index contributed by atoms with van der Waals surface area (Å²) >= 11 is 0. The van der Waals surface area contributed by atoms with Crippen molar-refractivity contribution in [1.82, 2.24) is 4.90 Å². The van der Waals surface area contributed by atoms with E-state index in [1.54, 1.807) is 19.1 Å². The number of hydrogen-bond acceptors (Lipinski definition) is 5. The van der Waals surface area contributed by atoms with E-state index in [4.69, 9.17) is 9.47 Å². The molecule has 0 bridgehead atoms. The summed E-state index contributed by atoms with van der Waals surface area (Å²) < 4.78 is 10.8. The molecule has 3 rings (SSSR count). The van der Waals surface area contributed by atoms with E-state index in [0.717, 1.165) is 24.5 Å². The van der Waals surface area contributed by atoms with Crippen LogP contribution in [0.3, 0.4) is 0 Å². The van der Waals surface area contributed by atoms with Crippen LogP contribution in [-0.2, 0) is 9.47 Å². The summed E-state index contributed by atoms with van der Waals surface area (Å²) in [5.74, 6) is 0.0182. The van der Waals surface area contributed by atoms with Crippen molar-refractivity contribution in [2.45, 2.75) is 12.2 Å². The number of benzene rings is 1. The van der Waals surface area contributed by atoms with Crippen molar-refractivity contribution < 1.29 is 14.3 Å². The van der Waals surface area contributed by atoms with Crippen LogP contribution in [0.15, 0.2) is 18.2 Å². The zero-order chi connectivity index (χ0) is 14.8. The number of nitrogens with one attached hydrogen (secondary N) is 2. The molecule has 1 saturated heterocycles. The van der Waals surface area contributed by atoms with Crippen LogP contribution in [-0.4, -0.2) is 63.4 Å². The molecule has 1 aromatic rings. The van der Waals surface area contributed by atoms with Gasteiger partial charge in [0.05, 0.1) is 16.9 Å². The Hall–Kier alpha value is -1.79. The molecule has 0 radical (unpaired) electrons. The van der Waals surface area contributed by atoms with Gasteiger partial charge in [-0.2, -0.15) is 0 Å². The third kappa shape index (κ3) is 2.56. The number of anilines is 2. The van der Waals surface area contributed by atoms with Crippen molar-refractivity contribution in [2.24, 2.45) is 0 Å². The van der Waals surface area contributed by atoms with Crippen molar-refractivity contribution in [2.75, 3.05) is 51.0 Å². The molecule has 6 nitrogen and oxygen atoms in total. The number of ether oxygens (including phenoxy) is 2. The van der Waals surface area contributed by atoms with Crippen LogP contribution in [0.2, 0.25) is 0 Å². The summed E-state index contributed by atoms with van der Waals surface area (Å²) in [5.41, 5.74) is 2.58. The fraction of sp³-hybridized carbons (Fsp3) is 0.533. The Bertz CT molecular complexity index is 523. The minimum atomic E-state index is -0.0652. The molecule has 0 spiro atoms. The molecule has 114 valence electrons. The topological polar surface area (TPSA) is 62.8 Å². The van der Waals surface area contributed by atoms with E-state index in [1.807, 2.05) is 18.2 Å². The quantitative estimate of drug-likeness (QED) is 0.870. The highest BCUT2D eigenvalue weighted by Gasteiger charge is 2.36. The van der Waals surface area contributed by atoms with Crippen molar-refractivity contribution in [1.29, 1.82) is 0 Å². The van der Waals surface area contributed by atoms with Gasteiger partial charge in [-0.05, 0) is 12.1 Å². The lowest BCUT2D eigenvalue weighted by atomic mass is 10.1. The number of methoxy groups -OCH3 is 2. The van der Waals surface area contributed by atoms with Gasteiger partial charge in [0.25, 0.3) is 5.91 Å². The lowest BCUT2D eigenvalue weighted by molar-refractivity contribution is -0.00461. The van der Waals surface area contributed by atoms with E-state index in [0.29, 0.717) is 18.7 Å².